The summed E-state index contributed by atoms with van der Waals surface area (Å²) in [7, 11) is -3.92. The van der Waals surface area contributed by atoms with Gasteiger partial charge >= 0.3 is 0 Å². The molecule has 0 spiro atoms. The van der Waals surface area contributed by atoms with Crippen LogP contribution in [0.3, 0.4) is 0 Å². The molecule has 1 amide bonds. The average Bonchev–Trinajstić information content (AvgIpc) is 2.74. The van der Waals surface area contributed by atoms with Crippen molar-refractivity contribution in [2.75, 3.05) is 4.72 Å². The second-order valence-electron chi connectivity index (χ2n) is 6.94. The Kier molecular flexibility index (Phi) is 6.66. The number of nitrogens with one attached hydrogen (secondary N) is 2. The molecule has 0 radical (unpaired) electrons. The fourth-order valence-corrected chi connectivity index (χ4v) is 4.26. The predicted molar refractivity (Wildman–Crippen MR) is 118 cm³/mol. The maximum Gasteiger partial charge on any atom is 0.269 e. The first-order chi connectivity index (χ1) is 14.7. The number of para-hydroxylation sites is 1. The summed E-state index contributed by atoms with van der Waals surface area (Å²) in [6.45, 7) is 1.84. The van der Waals surface area contributed by atoms with E-state index in [1.165, 1.54) is 36.4 Å². The summed E-state index contributed by atoms with van der Waals surface area (Å²) in [4.78, 5) is 23.1. The number of carbonyl (C=O) groups is 1. The Morgan fingerprint density at radius 3 is 2.39 bits per heavy atom. The molecule has 0 aliphatic rings. The highest BCUT2D eigenvalue weighted by molar-refractivity contribution is 7.91. The van der Waals surface area contributed by atoms with Gasteiger partial charge in [0.05, 0.1) is 28.0 Å². The van der Waals surface area contributed by atoms with E-state index in [9.17, 15) is 23.3 Å². The normalized spacial score (nSPS) is 12.0. The van der Waals surface area contributed by atoms with Crippen LogP contribution in [0.4, 0.5) is 11.4 Å². The van der Waals surface area contributed by atoms with Crippen molar-refractivity contribution < 1.29 is 18.1 Å². The zero-order valence-corrected chi connectivity index (χ0v) is 17.5. The van der Waals surface area contributed by atoms with Crippen LogP contribution in [0, 0.1) is 10.1 Å². The Labute approximate surface area is 180 Å². The number of nitro groups is 1. The lowest BCUT2D eigenvalue weighted by Gasteiger charge is -2.17. The number of nitro benzene ring substituents is 1. The van der Waals surface area contributed by atoms with E-state index in [0.717, 1.165) is 5.56 Å². The second-order valence-corrected chi connectivity index (χ2v) is 8.66. The van der Waals surface area contributed by atoms with E-state index in [-0.39, 0.29) is 28.5 Å². The van der Waals surface area contributed by atoms with Gasteiger partial charge < -0.3 is 5.32 Å². The van der Waals surface area contributed by atoms with Gasteiger partial charge in [-0.1, -0.05) is 54.6 Å². The van der Waals surface area contributed by atoms with Gasteiger partial charge in [0.15, 0.2) is 0 Å². The maximum atomic E-state index is 12.8. The average molecular weight is 439 g/mol. The molecule has 0 saturated heterocycles. The van der Waals surface area contributed by atoms with Gasteiger partial charge in [-0.15, -0.1) is 0 Å². The van der Waals surface area contributed by atoms with Crippen molar-refractivity contribution >= 4 is 27.3 Å². The quantitative estimate of drug-likeness (QED) is 0.406. The zero-order chi connectivity index (χ0) is 22.4. The monoisotopic (exact) mass is 439 g/mol. The lowest BCUT2D eigenvalue weighted by atomic mass is 10.1. The lowest BCUT2D eigenvalue weighted by Crippen LogP contribution is -2.28. The first-order valence-electron chi connectivity index (χ1n) is 9.44. The standard InChI is InChI=1S/C22H21N3O5S/c1-16(18-9-3-2-4-10-18)23-22(26)20-12-5-6-13-21(20)24-31(29,30)15-17-8-7-11-19(14-17)25(27)28/h2-14,16,24H,15H2,1H3,(H,23,26)/t16-/m1/s1. The molecule has 9 heteroatoms. The molecule has 0 heterocycles. The zero-order valence-electron chi connectivity index (χ0n) is 16.7. The first-order valence-corrected chi connectivity index (χ1v) is 11.1. The van der Waals surface area contributed by atoms with Crippen molar-refractivity contribution in [3.05, 3.63) is 106 Å². The molecule has 8 nitrogen and oxygen atoms in total. The van der Waals surface area contributed by atoms with Crippen LogP contribution in [0.2, 0.25) is 0 Å². The van der Waals surface area contributed by atoms with Gasteiger partial charge in [0, 0.05) is 12.1 Å². The van der Waals surface area contributed by atoms with Gasteiger partial charge in [-0.25, -0.2) is 8.42 Å². The van der Waals surface area contributed by atoms with Crippen LogP contribution >= 0.6 is 0 Å². The van der Waals surface area contributed by atoms with Crippen molar-refractivity contribution in [3.8, 4) is 0 Å². The molecule has 0 unspecified atom stereocenters. The summed E-state index contributed by atoms with van der Waals surface area (Å²) in [5.74, 6) is -0.893. The number of benzene rings is 3. The van der Waals surface area contributed by atoms with Gasteiger partial charge in [-0.05, 0) is 30.2 Å². The fourth-order valence-electron chi connectivity index (χ4n) is 3.05. The van der Waals surface area contributed by atoms with Crippen LogP contribution in [-0.2, 0) is 15.8 Å². The molecule has 0 aliphatic carbocycles. The predicted octanol–water partition coefficient (Wildman–Crippen LogP) is 4.03. The van der Waals surface area contributed by atoms with E-state index >= 15 is 0 Å². The third-order valence-electron chi connectivity index (χ3n) is 4.56. The summed E-state index contributed by atoms with van der Waals surface area (Å²) in [6, 6.07) is 20.8. The van der Waals surface area contributed by atoms with Crippen LogP contribution in [-0.4, -0.2) is 19.2 Å². The Balaban J connectivity index is 1.77. The molecule has 3 aromatic carbocycles. The highest BCUT2D eigenvalue weighted by Gasteiger charge is 2.19. The highest BCUT2D eigenvalue weighted by Crippen LogP contribution is 2.21. The number of anilines is 1. The van der Waals surface area contributed by atoms with Gasteiger partial charge in [-0.3, -0.25) is 19.6 Å². The van der Waals surface area contributed by atoms with Gasteiger partial charge in [-0.2, -0.15) is 0 Å². The lowest BCUT2D eigenvalue weighted by molar-refractivity contribution is -0.384. The number of amides is 1. The smallest absolute Gasteiger partial charge is 0.269 e. The van der Waals surface area contributed by atoms with Gasteiger partial charge in [0.25, 0.3) is 11.6 Å². The number of non-ortho nitro benzene ring substituents is 1. The maximum absolute atomic E-state index is 12.8. The Hall–Kier alpha value is -3.72. The largest absolute Gasteiger partial charge is 0.345 e. The summed E-state index contributed by atoms with van der Waals surface area (Å²) < 4.78 is 27.7. The minimum atomic E-state index is -3.92. The molecule has 3 rings (SSSR count). The van der Waals surface area contributed by atoms with Crippen LogP contribution < -0.4 is 10.0 Å². The fraction of sp³-hybridized carbons (Fsp3) is 0.136. The molecule has 1 atom stereocenters. The molecule has 0 bridgehead atoms. The SMILES string of the molecule is C[C@@H](NC(=O)c1ccccc1NS(=O)(=O)Cc1cccc([N+](=O)[O-])c1)c1ccccc1. The van der Waals surface area contributed by atoms with Crippen LogP contribution in [0.25, 0.3) is 0 Å². The van der Waals surface area contributed by atoms with Gasteiger partial charge in [0.1, 0.15) is 0 Å². The minimum Gasteiger partial charge on any atom is -0.345 e. The molecule has 3 aromatic rings. The van der Waals surface area contributed by atoms with E-state index in [0.29, 0.717) is 0 Å². The number of sulfonamides is 1. The Morgan fingerprint density at radius 2 is 1.68 bits per heavy atom. The van der Waals surface area contributed by atoms with E-state index in [1.807, 2.05) is 37.3 Å². The van der Waals surface area contributed by atoms with Crippen molar-refractivity contribution in [1.82, 2.24) is 5.32 Å². The van der Waals surface area contributed by atoms with E-state index in [4.69, 9.17) is 0 Å². The number of nitrogens with zero attached hydrogens (tertiary/aromatic N) is 1. The molecule has 0 saturated carbocycles. The second kappa shape index (κ2) is 9.40. The van der Waals surface area contributed by atoms with Crippen molar-refractivity contribution in [2.45, 2.75) is 18.7 Å². The van der Waals surface area contributed by atoms with E-state index in [1.54, 1.807) is 12.1 Å². The molecule has 0 aromatic heterocycles. The third kappa shape index (κ3) is 5.89. The van der Waals surface area contributed by atoms with Crippen molar-refractivity contribution in [2.24, 2.45) is 0 Å². The van der Waals surface area contributed by atoms with E-state index < -0.39 is 26.6 Å². The number of hydrogen-bond donors (Lipinski definition) is 2. The summed E-state index contributed by atoms with van der Waals surface area (Å²) in [5, 5.41) is 13.8. The Bertz CT molecular complexity index is 1200. The highest BCUT2D eigenvalue weighted by atomic mass is 32.2. The molecule has 0 aliphatic heterocycles. The molecule has 2 N–H and O–H groups in total. The van der Waals surface area contributed by atoms with Crippen LogP contribution in [0.15, 0.2) is 78.9 Å². The summed E-state index contributed by atoms with van der Waals surface area (Å²) in [5.41, 5.74) is 1.29. The van der Waals surface area contributed by atoms with Crippen LogP contribution in [0.1, 0.15) is 34.5 Å². The summed E-state index contributed by atoms with van der Waals surface area (Å²) in [6.07, 6.45) is 0. The number of hydrogen-bond acceptors (Lipinski definition) is 5. The van der Waals surface area contributed by atoms with E-state index in [2.05, 4.69) is 10.0 Å². The Morgan fingerprint density at radius 1 is 1.00 bits per heavy atom. The molecular formula is C22H21N3O5S. The summed E-state index contributed by atoms with van der Waals surface area (Å²) >= 11 is 0. The third-order valence-corrected chi connectivity index (χ3v) is 5.81. The number of rotatable bonds is 8. The van der Waals surface area contributed by atoms with Gasteiger partial charge in [0.2, 0.25) is 10.0 Å². The van der Waals surface area contributed by atoms with Crippen LogP contribution in [0.5, 0.6) is 0 Å². The number of carbonyl (C=O) groups excluding carboxylic acids is 1. The topological polar surface area (TPSA) is 118 Å². The van der Waals surface area contributed by atoms with Crippen molar-refractivity contribution in [1.29, 1.82) is 0 Å². The first kappa shape index (κ1) is 22.0. The molecule has 160 valence electrons. The molecular weight excluding hydrogens is 418 g/mol. The minimum absolute atomic E-state index is 0.130. The van der Waals surface area contributed by atoms with Crippen molar-refractivity contribution in [3.63, 3.8) is 0 Å². The molecule has 31 heavy (non-hydrogen) atoms. The molecule has 0 fully saturated rings.